The van der Waals surface area contributed by atoms with Crippen molar-refractivity contribution in [1.82, 2.24) is 34.7 Å². The van der Waals surface area contributed by atoms with Gasteiger partial charge in [0.1, 0.15) is 11.4 Å². The number of nitrogens with zero attached hydrogens (tertiary/aromatic N) is 7. The van der Waals surface area contributed by atoms with Gasteiger partial charge in [-0.05, 0) is 71.6 Å². The summed E-state index contributed by atoms with van der Waals surface area (Å²) in [6.45, 7) is 6.62. The highest BCUT2D eigenvalue weighted by Gasteiger charge is 2.21. The molecule has 6 rings (SSSR count). The van der Waals surface area contributed by atoms with Gasteiger partial charge in [-0.1, -0.05) is 57.2 Å². The van der Waals surface area contributed by atoms with Crippen molar-refractivity contribution in [1.29, 1.82) is 0 Å². The van der Waals surface area contributed by atoms with Crippen molar-refractivity contribution in [2.24, 2.45) is 0 Å². The monoisotopic (exact) mass is 509 g/mol. The summed E-state index contributed by atoms with van der Waals surface area (Å²) in [5.74, 6) is 1.24. The van der Waals surface area contributed by atoms with Crippen LogP contribution in [0.4, 0.5) is 0 Å². The lowest BCUT2D eigenvalue weighted by molar-refractivity contribution is 0.590. The van der Waals surface area contributed by atoms with E-state index >= 15 is 0 Å². The molecule has 0 atom stereocenters. The zero-order chi connectivity index (χ0) is 26.8. The van der Waals surface area contributed by atoms with Gasteiger partial charge in [-0.2, -0.15) is 0 Å². The molecule has 0 unspecified atom stereocenters. The number of hydrogen-bond acceptors (Lipinski definition) is 6. The van der Waals surface area contributed by atoms with Crippen molar-refractivity contribution in [2.45, 2.75) is 26.2 Å². The van der Waals surface area contributed by atoms with E-state index < -0.39 is 0 Å². The molecule has 0 saturated heterocycles. The molecule has 0 amide bonds. The van der Waals surface area contributed by atoms with E-state index in [2.05, 4.69) is 65.2 Å². The SMILES string of the molecule is CC(C)(C)c1ccc(-n2c(-c3cccc(-c4ccccn4)n3)nnc2-c2cccc(-c3ccccn3)n2)cc1. The standard InChI is InChI=1S/C32H27N7/c1-32(2,3)22-16-18-23(19-17-22)39-30(28-14-8-12-26(35-28)24-10-4-6-20-33-24)37-38-31(39)29-15-9-13-27(36-29)25-11-5-7-21-34-25/h4-21H,1-3H3. The fourth-order valence-corrected chi connectivity index (χ4v) is 4.40. The molecule has 0 fully saturated rings. The van der Waals surface area contributed by atoms with Crippen LogP contribution >= 0.6 is 0 Å². The Labute approximate surface area is 227 Å². The number of rotatable bonds is 5. The Morgan fingerprint density at radius 3 is 1.38 bits per heavy atom. The second-order valence-corrected chi connectivity index (χ2v) is 10.2. The molecular weight excluding hydrogens is 482 g/mol. The first-order valence-electron chi connectivity index (χ1n) is 12.8. The largest absolute Gasteiger partial charge is 0.272 e. The highest BCUT2D eigenvalue weighted by atomic mass is 15.3. The van der Waals surface area contributed by atoms with Gasteiger partial charge in [0.25, 0.3) is 0 Å². The van der Waals surface area contributed by atoms with Crippen LogP contribution in [0, 0.1) is 0 Å². The second kappa shape index (κ2) is 10.0. The summed E-state index contributed by atoms with van der Waals surface area (Å²) in [5.41, 5.74) is 6.71. The molecule has 0 aliphatic carbocycles. The Morgan fingerprint density at radius 2 is 0.949 bits per heavy atom. The first-order chi connectivity index (χ1) is 19.0. The fourth-order valence-electron chi connectivity index (χ4n) is 4.40. The predicted octanol–water partition coefficient (Wildman–Crippen LogP) is 6.81. The second-order valence-electron chi connectivity index (χ2n) is 10.2. The minimum atomic E-state index is 0.0362. The van der Waals surface area contributed by atoms with Gasteiger partial charge in [0.05, 0.1) is 22.8 Å². The molecule has 190 valence electrons. The van der Waals surface area contributed by atoms with Crippen LogP contribution in [0.2, 0.25) is 0 Å². The maximum atomic E-state index is 4.91. The summed E-state index contributed by atoms with van der Waals surface area (Å²) in [6, 6.07) is 31.8. The van der Waals surface area contributed by atoms with Gasteiger partial charge in [-0.25, -0.2) is 9.97 Å². The molecule has 5 aromatic heterocycles. The first kappa shape index (κ1) is 24.3. The number of pyridine rings is 4. The average molecular weight is 510 g/mol. The predicted molar refractivity (Wildman–Crippen MR) is 153 cm³/mol. The summed E-state index contributed by atoms with van der Waals surface area (Å²) in [4.78, 5) is 18.8. The summed E-state index contributed by atoms with van der Waals surface area (Å²) < 4.78 is 2.02. The van der Waals surface area contributed by atoms with E-state index in [0.717, 1.165) is 28.5 Å². The molecule has 0 radical (unpaired) electrons. The molecule has 7 nitrogen and oxygen atoms in total. The molecule has 0 saturated carbocycles. The molecule has 5 heterocycles. The lowest BCUT2D eigenvalue weighted by atomic mass is 9.87. The third kappa shape index (κ3) is 4.94. The summed E-state index contributed by atoms with van der Waals surface area (Å²) in [7, 11) is 0. The zero-order valence-electron chi connectivity index (χ0n) is 22.0. The number of aromatic nitrogens is 7. The third-order valence-corrected chi connectivity index (χ3v) is 6.47. The number of benzene rings is 1. The Morgan fingerprint density at radius 1 is 0.487 bits per heavy atom. The molecular formula is C32H27N7. The van der Waals surface area contributed by atoms with Gasteiger partial charge in [0.2, 0.25) is 0 Å². The topological polar surface area (TPSA) is 82.3 Å². The van der Waals surface area contributed by atoms with E-state index in [4.69, 9.17) is 9.97 Å². The molecule has 1 aromatic carbocycles. The van der Waals surface area contributed by atoms with Crippen LogP contribution in [-0.4, -0.2) is 34.7 Å². The van der Waals surface area contributed by atoms with Crippen molar-refractivity contribution >= 4 is 0 Å². The average Bonchev–Trinajstić information content (AvgIpc) is 3.43. The van der Waals surface area contributed by atoms with Crippen molar-refractivity contribution in [3.05, 3.63) is 115 Å². The van der Waals surface area contributed by atoms with Gasteiger partial charge in [-0.15, -0.1) is 10.2 Å². The van der Waals surface area contributed by atoms with Crippen molar-refractivity contribution < 1.29 is 0 Å². The molecule has 0 spiro atoms. The molecule has 0 N–H and O–H groups in total. The molecule has 7 heteroatoms. The van der Waals surface area contributed by atoms with Crippen molar-refractivity contribution in [3.63, 3.8) is 0 Å². The molecule has 0 bridgehead atoms. The van der Waals surface area contributed by atoms with Crippen LogP contribution in [0.25, 0.3) is 51.5 Å². The fraction of sp³-hybridized carbons (Fsp3) is 0.125. The van der Waals surface area contributed by atoms with Crippen molar-refractivity contribution in [2.75, 3.05) is 0 Å². The van der Waals surface area contributed by atoms with E-state index in [1.54, 1.807) is 12.4 Å². The van der Waals surface area contributed by atoms with Gasteiger partial charge in [-0.3, -0.25) is 14.5 Å². The van der Waals surface area contributed by atoms with E-state index in [9.17, 15) is 0 Å². The van der Waals surface area contributed by atoms with Crippen LogP contribution in [0.3, 0.4) is 0 Å². The normalized spacial score (nSPS) is 11.5. The summed E-state index contributed by atoms with van der Waals surface area (Å²) >= 11 is 0. The highest BCUT2D eigenvalue weighted by Crippen LogP contribution is 2.30. The maximum absolute atomic E-state index is 4.91. The van der Waals surface area contributed by atoms with Crippen LogP contribution in [-0.2, 0) is 5.41 Å². The van der Waals surface area contributed by atoms with Crippen LogP contribution in [0.15, 0.2) is 109 Å². The maximum Gasteiger partial charge on any atom is 0.187 e. The molecule has 0 aliphatic heterocycles. The van der Waals surface area contributed by atoms with Gasteiger partial charge in [0.15, 0.2) is 11.6 Å². The lowest BCUT2D eigenvalue weighted by Crippen LogP contribution is -2.11. The first-order valence-corrected chi connectivity index (χ1v) is 12.8. The quantitative estimate of drug-likeness (QED) is 0.254. The molecule has 39 heavy (non-hydrogen) atoms. The van der Waals surface area contributed by atoms with Crippen LogP contribution < -0.4 is 0 Å². The van der Waals surface area contributed by atoms with E-state index in [-0.39, 0.29) is 5.41 Å². The van der Waals surface area contributed by atoms with E-state index in [1.807, 2.05) is 77.4 Å². The third-order valence-electron chi connectivity index (χ3n) is 6.47. The van der Waals surface area contributed by atoms with Gasteiger partial charge in [0, 0.05) is 18.1 Å². The van der Waals surface area contributed by atoms with Crippen LogP contribution in [0.5, 0.6) is 0 Å². The highest BCUT2D eigenvalue weighted by molar-refractivity contribution is 5.67. The van der Waals surface area contributed by atoms with E-state index in [1.165, 1.54) is 5.56 Å². The van der Waals surface area contributed by atoms with Crippen molar-refractivity contribution in [3.8, 4) is 51.5 Å². The Bertz CT molecular complexity index is 1620. The van der Waals surface area contributed by atoms with Crippen LogP contribution in [0.1, 0.15) is 26.3 Å². The minimum absolute atomic E-state index is 0.0362. The van der Waals surface area contributed by atoms with Gasteiger partial charge < -0.3 is 0 Å². The number of hydrogen-bond donors (Lipinski definition) is 0. The minimum Gasteiger partial charge on any atom is -0.272 e. The van der Waals surface area contributed by atoms with Gasteiger partial charge >= 0.3 is 0 Å². The molecule has 6 aromatic rings. The lowest BCUT2D eigenvalue weighted by Gasteiger charge is -2.19. The smallest absolute Gasteiger partial charge is 0.187 e. The molecule has 0 aliphatic rings. The summed E-state index contributed by atoms with van der Waals surface area (Å²) in [5, 5.41) is 9.24. The summed E-state index contributed by atoms with van der Waals surface area (Å²) in [6.07, 6.45) is 3.53. The Hall–Kier alpha value is -5.04. The zero-order valence-corrected chi connectivity index (χ0v) is 22.0. The van der Waals surface area contributed by atoms with E-state index in [0.29, 0.717) is 23.0 Å². The Kier molecular flexibility index (Phi) is 6.25. The Balaban J connectivity index is 1.52.